The first-order valence-electron chi connectivity index (χ1n) is 6.49. The largest absolute Gasteiger partial charge is 0.497 e. The van der Waals surface area contributed by atoms with Gasteiger partial charge in [0.25, 0.3) is 0 Å². The molecule has 3 N–H and O–H groups in total. The van der Waals surface area contributed by atoms with Crippen LogP contribution in [-0.4, -0.2) is 14.2 Å². The second-order valence-electron chi connectivity index (χ2n) is 4.45. The van der Waals surface area contributed by atoms with Crippen molar-refractivity contribution in [2.24, 2.45) is 5.84 Å². The lowest BCUT2D eigenvalue weighted by atomic mass is 10.0. The first kappa shape index (κ1) is 14.4. The van der Waals surface area contributed by atoms with Crippen LogP contribution in [0.4, 0.5) is 0 Å². The quantitative estimate of drug-likeness (QED) is 0.600. The SMILES string of the molecule is COc1ccc(OC)c(C(CCc2ccco2)NN)c1. The molecule has 0 fully saturated rings. The summed E-state index contributed by atoms with van der Waals surface area (Å²) in [6.07, 6.45) is 3.27. The number of benzene rings is 1. The molecule has 5 heteroatoms. The first-order valence-corrected chi connectivity index (χ1v) is 6.49. The first-order chi connectivity index (χ1) is 9.78. The van der Waals surface area contributed by atoms with Crippen molar-refractivity contribution in [2.75, 3.05) is 14.2 Å². The molecular weight excluding hydrogens is 256 g/mol. The minimum absolute atomic E-state index is 0.0369. The summed E-state index contributed by atoms with van der Waals surface area (Å²) < 4.78 is 16.0. The van der Waals surface area contributed by atoms with Crippen LogP contribution in [0.3, 0.4) is 0 Å². The predicted octanol–water partition coefficient (Wildman–Crippen LogP) is 2.43. The molecule has 0 aliphatic heterocycles. The summed E-state index contributed by atoms with van der Waals surface area (Å²) in [7, 11) is 3.28. The van der Waals surface area contributed by atoms with Crippen LogP contribution in [0.5, 0.6) is 11.5 Å². The minimum Gasteiger partial charge on any atom is -0.497 e. The van der Waals surface area contributed by atoms with Gasteiger partial charge in [0, 0.05) is 12.0 Å². The number of hydrogen-bond acceptors (Lipinski definition) is 5. The Labute approximate surface area is 118 Å². The molecule has 0 bridgehead atoms. The number of hydrazine groups is 1. The van der Waals surface area contributed by atoms with Gasteiger partial charge >= 0.3 is 0 Å². The van der Waals surface area contributed by atoms with E-state index in [9.17, 15) is 0 Å². The second kappa shape index (κ2) is 6.98. The Bertz CT molecular complexity index is 526. The number of aryl methyl sites for hydroxylation is 1. The van der Waals surface area contributed by atoms with Gasteiger partial charge in [0.1, 0.15) is 17.3 Å². The summed E-state index contributed by atoms with van der Waals surface area (Å²) in [5.41, 5.74) is 3.80. The molecule has 1 aromatic heterocycles. The molecule has 0 spiro atoms. The Hall–Kier alpha value is -1.98. The van der Waals surface area contributed by atoms with E-state index >= 15 is 0 Å². The second-order valence-corrected chi connectivity index (χ2v) is 4.45. The van der Waals surface area contributed by atoms with E-state index in [2.05, 4.69) is 5.43 Å². The van der Waals surface area contributed by atoms with Crippen molar-refractivity contribution in [3.05, 3.63) is 47.9 Å². The summed E-state index contributed by atoms with van der Waals surface area (Å²) in [6, 6.07) is 9.48. The third kappa shape index (κ3) is 3.31. The molecule has 1 unspecified atom stereocenters. The van der Waals surface area contributed by atoms with E-state index in [0.717, 1.165) is 35.7 Å². The van der Waals surface area contributed by atoms with Crippen LogP contribution in [0.15, 0.2) is 41.0 Å². The molecule has 1 heterocycles. The Kier molecular flexibility index (Phi) is 5.03. The number of rotatable bonds is 7. The van der Waals surface area contributed by atoms with Crippen molar-refractivity contribution in [2.45, 2.75) is 18.9 Å². The van der Waals surface area contributed by atoms with Crippen molar-refractivity contribution >= 4 is 0 Å². The van der Waals surface area contributed by atoms with Gasteiger partial charge in [-0.15, -0.1) is 0 Å². The lowest BCUT2D eigenvalue weighted by Gasteiger charge is -2.19. The third-order valence-corrected chi connectivity index (χ3v) is 3.27. The highest BCUT2D eigenvalue weighted by atomic mass is 16.5. The number of hydrogen-bond donors (Lipinski definition) is 2. The van der Waals surface area contributed by atoms with E-state index in [-0.39, 0.29) is 6.04 Å². The fourth-order valence-electron chi connectivity index (χ4n) is 2.18. The van der Waals surface area contributed by atoms with Gasteiger partial charge in [-0.2, -0.15) is 0 Å². The molecule has 0 amide bonds. The number of furan rings is 1. The zero-order valence-electron chi connectivity index (χ0n) is 11.8. The van der Waals surface area contributed by atoms with Gasteiger partial charge < -0.3 is 13.9 Å². The number of nitrogens with one attached hydrogen (secondary N) is 1. The molecule has 0 aliphatic carbocycles. The Morgan fingerprint density at radius 1 is 1.25 bits per heavy atom. The fourth-order valence-corrected chi connectivity index (χ4v) is 2.18. The predicted molar refractivity (Wildman–Crippen MR) is 76.6 cm³/mol. The van der Waals surface area contributed by atoms with E-state index < -0.39 is 0 Å². The maximum absolute atomic E-state index is 5.68. The Balaban J connectivity index is 2.16. The van der Waals surface area contributed by atoms with Crippen molar-refractivity contribution in [1.29, 1.82) is 0 Å². The summed E-state index contributed by atoms with van der Waals surface area (Å²) in [6.45, 7) is 0. The minimum atomic E-state index is -0.0369. The molecule has 108 valence electrons. The van der Waals surface area contributed by atoms with Crippen LogP contribution in [0.1, 0.15) is 23.8 Å². The van der Waals surface area contributed by atoms with E-state index in [1.807, 2.05) is 30.3 Å². The van der Waals surface area contributed by atoms with E-state index in [4.69, 9.17) is 19.7 Å². The highest BCUT2D eigenvalue weighted by Gasteiger charge is 2.16. The van der Waals surface area contributed by atoms with Crippen molar-refractivity contribution in [3.8, 4) is 11.5 Å². The maximum atomic E-state index is 5.68. The van der Waals surface area contributed by atoms with Crippen molar-refractivity contribution < 1.29 is 13.9 Å². The fraction of sp³-hybridized carbons (Fsp3) is 0.333. The highest BCUT2D eigenvalue weighted by Crippen LogP contribution is 2.31. The van der Waals surface area contributed by atoms with Gasteiger partial charge in [0.15, 0.2) is 0 Å². The van der Waals surface area contributed by atoms with Crippen molar-refractivity contribution in [1.82, 2.24) is 5.43 Å². The Morgan fingerprint density at radius 3 is 2.70 bits per heavy atom. The normalized spacial score (nSPS) is 12.2. The summed E-state index contributed by atoms with van der Waals surface area (Å²) in [5.74, 6) is 8.18. The van der Waals surface area contributed by atoms with Crippen LogP contribution in [0.25, 0.3) is 0 Å². The number of nitrogens with two attached hydrogens (primary N) is 1. The molecule has 0 saturated heterocycles. The lowest BCUT2D eigenvalue weighted by molar-refractivity contribution is 0.384. The molecule has 20 heavy (non-hydrogen) atoms. The molecular formula is C15H20N2O3. The maximum Gasteiger partial charge on any atom is 0.123 e. The topological polar surface area (TPSA) is 69.7 Å². The molecule has 2 rings (SSSR count). The van der Waals surface area contributed by atoms with Gasteiger partial charge in [-0.25, -0.2) is 0 Å². The van der Waals surface area contributed by atoms with Crippen LogP contribution in [-0.2, 0) is 6.42 Å². The van der Waals surface area contributed by atoms with Crippen LogP contribution in [0.2, 0.25) is 0 Å². The number of ether oxygens (including phenoxy) is 2. The molecule has 0 radical (unpaired) electrons. The average molecular weight is 276 g/mol. The smallest absolute Gasteiger partial charge is 0.123 e. The van der Waals surface area contributed by atoms with Gasteiger partial charge in [-0.05, 0) is 36.8 Å². The van der Waals surface area contributed by atoms with Gasteiger partial charge in [-0.3, -0.25) is 11.3 Å². The van der Waals surface area contributed by atoms with Gasteiger partial charge in [0.05, 0.1) is 26.5 Å². The average Bonchev–Trinajstić information content (AvgIpc) is 3.01. The van der Waals surface area contributed by atoms with Gasteiger partial charge in [0.2, 0.25) is 0 Å². The molecule has 1 atom stereocenters. The third-order valence-electron chi connectivity index (χ3n) is 3.27. The molecule has 2 aromatic rings. The molecule has 0 saturated carbocycles. The van der Waals surface area contributed by atoms with E-state index in [1.54, 1.807) is 20.5 Å². The summed E-state index contributed by atoms with van der Waals surface area (Å²) in [5, 5.41) is 0. The standard InChI is InChI=1S/C15H20N2O3/c1-18-12-6-8-15(19-2)13(10-12)14(17-16)7-5-11-4-3-9-20-11/h3-4,6,8-10,14,17H,5,7,16H2,1-2H3. The van der Waals surface area contributed by atoms with Crippen LogP contribution in [0, 0.1) is 0 Å². The lowest BCUT2D eigenvalue weighted by Crippen LogP contribution is -2.28. The van der Waals surface area contributed by atoms with Gasteiger partial charge in [-0.1, -0.05) is 0 Å². The summed E-state index contributed by atoms with van der Waals surface area (Å²) >= 11 is 0. The zero-order chi connectivity index (χ0) is 14.4. The number of methoxy groups -OCH3 is 2. The zero-order valence-corrected chi connectivity index (χ0v) is 11.8. The van der Waals surface area contributed by atoms with Crippen LogP contribution >= 0.6 is 0 Å². The molecule has 1 aromatic carbocycles. The monoisotopic (exact) mass is 276 g/mol. The van der Waals surface area contributed by atoms with Crippen LogP contribution < -0.4 is 20.7 Å². The van der Waals surface area contributed by atoms with E-state index in [1.165, 1.54) is 0 Å². The Morgan fingerprint density at radius 2 is 2.10 bits per heavy atom. The van der Waals surface area contributed by atoms with Crippen molar-refractivity contribution in [3.63, 3.8) is 0 Å². The molecule has 0 aliphatic rings. The van der Waals surface area contributed by atoms with E-state index in [0.29, 0.717) is 0 Å². The summed E-state index contributed by atoms with van der Waals surface area (Å²) in [4.78, 5) is 0. The highest BCUT2D eigenvalue weighted by molar-refractivity contribution is 5.42. The molecule has 5 nitrogen and oxygen atoms in total.